The molecule has 0 aromatic carbocycles. The van der Waals surface area contributed by atoms with Crippen molar-refractivity contribution in [1.82, 2.24) is 0 Å². The number of rotatable bonds is 4. The third-order valence-corrected chi connectivity index (χ3v) is 2.13. The standard InChI is InChI=1S/C7H8Cl6O2/c8-6(9,10)3-1-2-5(14)15-4-7(11,12)13/h1-4H2. The minimum atomic E-state index is -1.59. The molecule has 0 aromatic rings. The molecule has 0 aliphatic rings. The predicted octanol–water partition coefficient (Wildman–Crippen LogP) is 4.44. The van der Waals surface area contributed by atoms with Gasteiger partial charge in [-0.15, -0.1) is 0 Å². The number of alkyl halides is 6. The highest BCUT2D eigenvalue weighted by Crippen LogP contribution is 2.32. The zero-order valence-corrected chi connectivity index (χ0v) is 11.9. The van der Waals surface area contributed by atoms with Crippen LogP contribution in [0.4, 0.5) is 0 Å². The Labute approximate surface area is 118 Å². The van der Waals surface area contributed by atoms with E-state index in [2.05, 4.69) is 4.74 Å². The van der Waals surface area contributed by atoms with Crippen LogP contribution in [0.25, 0.3) is 0 Å². The van der Waals surface area contributed by atoms with Crippen molar-refractivity contribution in [2.24, 2.45) is 0 Å². The third kappa shape index (κ3) is 13.1. The van der Waals surface area contributed by atoms with Gasteiger partial charge in [-0.3, -0.25) is 4.79 Å². The molecule has 0 spiro atoms. The lowest BCUT2D eigenvalue weighted by Gasteiger charge is -2.12. The summed E-state index contributed by atoms with van der Waals surface area (Å²) in [6, 6.07) is 0. The van der Waals surface area contributed by atoms with Crippen LogP contribution in [-0.4, -0.2) is 20.2 Å². The van der Waals surface area contributed by atoms with Gasteiger partial charge >= 0.3 is 5.97 Å². The molecule has 8 heteroatoms. The van der Waals surface area contributed by atoms with Crippen LogP contribution in [0, 0.1) is 0 Å². The fraction of sp³-hybridized carbons (Fsp3) is 0.857. The average Bonchev–Trinajstić information content (AvgIpc) is 1.97. The molecule has 0 atom stereocenters. The predicted molar refractivity (Wildman–Crippen MR) is 65.4 cm³/mol. The van der Waals surface area contributed by atoms with Gasteiger partial charge in [-0.2, -0.15) is 0 Å². The van der Waals surface area contributed by atoms with Crippen molar-refractivity contribution in [2.45, 2.75) is 26.8 Å². The zero-order chi connectivity index (χ0) is 12.1. The molecular weight excluding hydrogens is 329 g/mol. The molecule has 0 saturated heterocycles. The summed E-state index contributed by atoms with van der Waals surface area (Å²) >= 11 is 32.6. The Kier molecular flexibility index (Phi) is 7.38. The topological polar surface area (TPSA) is 26.3 Å². The molecule has 0 unspecified atom stereocenters. The zero-order valence-electron chi connectivity index (χ0n) is 7.41. The average molecular weight is 337 g/mol. The molecule has 0 aromatic heterocycles. The molecule has 0 fully saturated rings. The third-order valence-electron chi connectivity index (χ3n) is 1.24. The van der Waals surface area contributed by atoms with Crippen LogP contribution in [0.15, 0.2) is 0 Å². The SMILES string of the molecule is O=C(CCCC(Cl)(Cl)Cl)OCC(Cl)(Cl)Cl. The summed E-state index contributed by atoms with van der Waals surface area (Å²) < 4.78 is 1.71. The number of carbonyl (C=O) groups excluding carboxylic acids is 1. The Morgan fingerprint density at radius 2 is 1.53 bits per heavy atom. The minimum absolute atomic E-state index is 0.120. The van der Waals surface area contributed by atoms with E-state index in [0.717, 1.165) is 0 Å². The van der Waals surface area contributed by atoms with Gasteiger partial charge in [0.05, 0.1) is 0 Å². The maximum atomic E-state index is 11.0. The van der Waals surface area contributed by atoms with Gasteiger partial charge < -0.3 is 4.74 Å². The molecule has 0 rings (SSSR count). The summed E-state index contributed by atoms with van der Waals surface area (Å²) in [5.41, 5.74) is 0. The van der Waals surface area contributed by atoms with Crippen molar-refractivity contribution < 1.29 is 9.53 Å². The van der Waals surface area contributed by atoms with E-state index in [0.29, 0.717) is 6.42 Å². The fourth-order valence-electron chi connectivity index (χ4n) is 0.668. The summed E-state index contributed by atoms with van der Waals surface area (Å²) in [6.45, 7) is -0.287. The maximum Gasteiger partial charge on any atom is 0.305 e. The first-order valence-electron chi connectivity index (χ1n) is 3.89. The summed E-state index contributed by atoms with van der Waals surface area (Å²) in [5, 5.41) is 0. The Balaban J connectivity index is 3.60. The maximum absolute atomic E-state index is 11.0. The van der Waals surface area contributed by atoms with Crippen molar-refractivity contribution in [3.8, 4) is 0 Å². The first-order chi connectivity index (χ1) is 6.60. The van der Waals surface area contributed by atoms with E-state index in [1.807, 2.05) is 0 Å². The highest BCUT2D eigenvalue weighted by atomic mass is 35.6. The summed E-state index contributed by atoms with van der Waals surface area (Å²) in [6.07, 6.45) is 0.782. The molecule has 90 valence electrons. The van der Waals surface area contributed by atoms with E-state index < -0.39 is 13.6 Å². The van der Waals surface area contributed by atoms with Crippen molar-refractivity contribution in [2.75, 3.05) is 6.61 Å². The number of ether oxygens (including phenoxy) is 1. The fourth-order valence-corrected chi connectivity index (χ4v) is 1.23. The van der Waals surface area contributed by atoms with Crippen LogP contribution in [0.3, 0.4) is 0 Å². The monoisotopic (exact) mass is 334 g/mol. The Hall–Kier alpha value is 1.21. The van der Waals surface area contributed by atoms with Crippen LogP contribution in [0.2, 0.25) is 0 Å². The van der Waals surface area contributed by atoms with Gasteiger partial charge in [-0.25, -0.2) is 0 Å². The van der Waals surface area contributed by atoms with E-state index in [9.17, 15) is 4.79 Å². The number of halogens is 6. The smallest absolute Gasteiger partial charge is 0.305 e. The molecule has 0 aliphatic carbocycles. The number of carbonyl (C=O) groups is 1. The van der Waals surface area contributed by atoms with Crippen LogP contribution < -0.4 is 0 Å². The van der Waals surface area contributed by atoms with Crippen molar-refractivity contribution in [3.63, 3.8) is 0 Å². The van der Waals surface area contributed by atoms with Gasteiger partial charge in [0.1, 0.15) is 6.61 Å². The van der Waals surface area contributed by atoms with E-state index in [1.54, 1.807) is 0 Å². The second-order valence-electron chi connectivity index (χ2n) is 2.74. The van der Waals surface area contributed by atoms with Crippen molar-refractivity contribution >= 4 is 75.6 Å². The molecule has 2 nitrogen and oxygen atoms in total. The molecule has 0 radical (unpaired) electrons. The number of esters is 1. The molecule has 0 aliphatic heterocycles. The number of hydrogen-bond acceptors (Lipinski definition) is 2. The molecule has 0 saturated carbocycles. The molecule has 0 N–H and O–H groups in total. The molecule has 0 amide bonds. The normalized spacial score (nSPS) is 12.7. The lowest BCUT2D eigenvalue weighted by molar-refractivity contribution is -0.143. The van der Waals surface area contributed by atoms with Gasteiger partial charge in [-0.05, 0) is 12.8 Å². The quantitative estimate of drug-likeness (QED) is 0.560. The van der Waals surface area contributed by atoms with Crippen LogP contribution >= 0.6 is 69.6 Å². The van der Waals surface area contributed by atoms with E-state index in [1.165, 1.54) is 0 Å². The van der Waals surface area contributed by atoms with Gasteiger partial charge in [0.15, 0.2) is 3.79 Å². The lowest BCUT2D eigenvalue weighted by atomic mass is 10.2. The first kappa shape index (κ1) is 16.2. The summed E-state index contributed by atoms with van der Waals surface area (Å²) in [7, 11) is 0. The summed E-state index contributed by atoms with van der Waals surface area (Å²) in [4.78, 5) is 11.0. The minimum Gasteiger partial charge on any atom is -0.461 e. The first-order valence-corrected chi connectivity index (χ1v) is 6.16. The van der Waals surface area contributed by atoms with Crippen LogP contribution in [0.1, 0.15) is 19.3 Å². The highest BCUT2D eigenvalue weighted by Gasteiger charge is 2.23. The second-order valence-corrected chi connectivity index (χ2v) is 7.78. The van der Waals surface area contributed by atoms with Gasteiger partial charge in [-0.1, -0.05) is 69.6 Å². The Morgan fingerprint density at radius 1 is 1.00 bits per heavy atom. The van der Waals surface area contributed by atoms with Gasteiger partial charge in [0, 0.05) is 6.42 Å². The lowest BCUT2D eigenvalue weighted by Crippen LogP contribution is -2.17. The second kappa shape index (κ2) is 6.83. The van der Waals surface area contributed by atoms with E-state index in [4.69, 9.17) is 69.6 Å². The molecular formula is C7H8Cl6O2. The van der Waals surface area contributed by atoms with E-state index in [-0.39, 0.29) is 19.4 Å². The van der Waals surface area contributed by atoms with E-state index >= 15 is 0 Å². The van der Waals surface area contributed by atoms with Gasteiger partial charge in [0.25, 0.3) is 0 Å². The Morgan fingerprint density at radius 3 is 1.93 bits per heavy atom. The molecule has 15 heavy (non-hydrogen) atoms. The molecule has 0 heterocycles. The Bertz CT molecular complexity index is 207. The van der Waals surface area contributed by atoms with Crippen LogP contribution in [-0.2, 0) is 9.53 Å². The molecule has 0 bridgehead atoms. The highest BCUT2D eigenvalue weighted by molar-refractivity contribution is 6.68. The van der Waals surface area contributed by atoms with Gasteiger partial charge in [0.2, 0.25) is 3.79 Å². The van der Waals surface area contributed by atoms with Crippen molar-refractivity contribution in [1.29, 1.82) is 0 Å². The van der Waals surface area contributed by atoms with Crippen molar-refractivity contribution in [3.05, 3.63) is 0 Å². The number of hydrogen-bond donors (Lipinski definition) is 0. The van der Waals surface area contributed by atoms with Crippen LogP contribution in [0.5, 0.6) is 0 Å². The largest absolute Gasteiger partial charge is 0.461 e. The summed E-state index contributed by atoms with van der Waals surface area (Å²) in [5.74, 6) is -0.490.